The maximum Gasteiger partial charge on any atom is 0.0110 e. The normalized spacial score (nSPS) is 15.9. The highest BCUT2D eigenvalue weighted by Gasteiger charge is 2.15. The number of hydrogen-bond donors (Lipinski definition) is 0. The van der Waals surface area contributed by atoms with Gasteiger partial charge in [0.15, 0.2) is 0 Å². The molecule has 1 aliphatic heterocycles. The fourth-order valence-electron chi connectivity index (χ4n) is 2.41. The summed E-state index contributed by atoms with van der Waals surface area (Å²) in [7, 11) is 0. The van der Waals surface area contributed by atoms with Gasteiger partial charge in [-0.05, 0) is 25.9 Å². The maximum atomic E-state index is 2.64. The molecule has 124 valence electrons. The summed E-state index contributed by atoms with van der Waals surface area (Å²) in [4.78, 5) is 5.29. The molecule has 1 rings (SSSR count). The van der Waals surface area contributed by atoms with Gasteiger partial charge in [-0.15, -0.1) is 0 Å². The lowest BCUT2D eigenvalue weighted by atomic mass is 10.2. The van der Waals surface area contributed by atoms with E-state index in [1.54, 1.807) is 0 Å². The van der Waals surface area contributed by atoms with E-state index in [1.165, 1.54) is 77.8 Å². The van der Waals surface area contributed by atoms with Crippen LogP contribution in [0, 0.1) is 0 Å². The van der Waals surface area contributed by atoms with E-state index in [9.17, 15) is 0 Å². The molecule has 0 aromatic carbocycles. The van der Waals surface area contributed by atoms with Gasteiger partial charge in [0.1, 0.15) is 0 Å². The van der Waals surface area contributed by atoms with Crippen LogP contribution in [0.5, 0.6) is 0 Å². The SMILES string of the molecule is CC.CC.CCCCCN1CCN(CCCCC)CC1. The third-order valence-corrected chi connectivity index (χ3v) is 3.62. The third-order valence-electron chi connectivity index (χ3n) is 3.62. The van der Waals surface area contributed by atoms with Crippen LogP contribution < -0.4 is 0 Å². The van der Waals surface area contributed by atoms with Gasteiger partial charge in [0.25, 0.3) is 0 Å². The lowest BCUT2D eigenvalue weighted by Crippen LogP contribution is -2.46. The first-order chi connectivity index (χ1) is 9.86. The zero-order valence-corrected chi connectivity index (χ0v) is 15.4. The molecule has 1 fully saturated rings. The van der Waals surface area contributed by atoms with Gasteiger partial charge in [-0.1, -0.05) is 67.2 Å². The molecule has 0 spiro atoms. The van der Waals surface area contributed by atoms with Crippen molar-refractivity contribution in [2.24, 2.45) is 0 Å². The van der Waals surface area contributed by atoms with Crippen LogP contribution in [0.4, 0.5) is 0 Å². The molecule has 0 radical (unpaired) electrons. The van der Waals surface area contributed by atoms with Crippen LogP contribution in [0.15, 0.2) is 0 Å². The molecule has 0 N–H and O–H groups in total. The van der Waals surface area contributed by atoms with Crippen molar-refractivity contribution in [3.8, 4) is 0 Å². The van der Waals surface area contributed by atoms with E-state index in [-0.39, 0.29) is 0 Å². The Morgan fingerprint density at radius 2 is 0.850 bits per heavy atom. The van der Waals surface area contributed by atoms with Crippen molar-refractivity contribution in [1.82, 2.24) is 9.80 Å². The Labute approximate surface area is 129 Å². The molecule has 0 saturated carbocycles. The quantitative estimate of drug-likeness (QED) is 0.577. The summed E-state index contributed by atoms with van der Waals surface area (Å²) >= 11 is 0. The Balaban J connectivity index is 0. The predicted molar refractivity (Wildman–Crippen MR) is 94.6 cm³/mol. The minimum atomic E-state index is 1.30. The van der Waals surface area contributed by atoms with Crippen LogP contribution in [-0.2, 0) is 0 Å². The van der Waals surface area contributed by atoms with Crippen LogP contribution in [0.2, 0.25) is 0 Å². The van der Waals surface area contributed by atoms with Crippen LogP contribution >= 0.6 is 0 Å². The first kappa shape index (κ1) is 22.2. The van der Waals surface area contributed by atoms with Gasteiger partial charge in [-0.25, -0.2) is 0 Å². The number of rotatable bonds is 8. The van der Waals surface area contributed by atoms with Gasteiger partial charge in [0.05, 0.1) is 0 Å². The molecule has 20 heavy (non-hydrogen) atoms. The van der Waals surface area contributed by atoms with Crippen molar-refractivity contribution in [3.63, 3.8) is 0 Å². The van der Waals surface area contributed by atoms with Crippen LogP contribution in [0.1, 0.15) is 80.1 Å². The highest BCUT2D eigenvalue weighted by Crippen LogP contribution is 2.06. The topological polar surface area (TPSA) is 6.48 Å². The second-order valence-electron chi connectivity index (χ2n) is 5.10. The molecule has 1 saturated heterocycles. The van der Waals surface area contributed by atoms with E-state index in [0.29, 0.717) is 0 Å². The maximum absolute atomic E-state index is 2.64. The molecule has 0 unspecified atom stereocenters. The molecule has 1 heterocycles. The van der Waals surface area contributed by atoms with Gasteiger partial charge >= 0.3 is 0 Å². The number of piperazine rings is 1. The Morgan fingerprint density at radius 3 is 1.10 bits per heavy atom. The fraction of sp³-hybridized carbons (Fsp3) is 1.00. The van der Waals surface area contributed by atoms with Crippen LogP contribution in [-0.4, -0.2) is 49.1 Å². The number of unbranched alkanes of at least 4 members (excludes halogenated alkanes) is 4. The molecular formula is C18H42N2. The number of nitrogens with zero attached hydrogens (tertiary/aromatic N) is 2. The molecule has 0 aromatic rings. The van der Waals surface area contributed by atoms with E-state index in [1.807, 2.05) is 27.7 Å². The van der Waals surface area contributed by atoms with Gasteiger partial charge in [-0.2, -0.15) is 0 Å². The first-order valence-corrected chi connectivity index (χ1v) is 9.31. The van der Waals surface area contributed by atoms with Crippen molar-refractivity contribution in [2.45, 2.75) is 80.1 Å². The smallest absolute Gasteiger partial charge is 0.0110 e. The van der Waals surface area contributed by atoms with E-state index < -0.39 is 0 Å². The summed E-state index contributed by atoms with van der Waals surface area (Å²) in [5.41, 5.74) is 0. The summed E-state index contributed by atoms with van der Waals surface area (Å²) in [5.74, 6) is 0. The van der Waals surface area contributed by atoms with Gasteiger partial charge in [0.2, 0.25) is 0 Å². The first-order valence-electron chi connectivity index (χ1n) is 9.31. The lowest BCUT2D eigenvalue weighted by molar-refractivity contribution is 0.129. The Hall–Kier alpha value is -0.0800. The molecule has 0 bridgehead atoms. The monoisotopic (exact) mass is 286 g/mol. The van der Waals surface area contributed by atoms with Crippen LogP contribution in [0.3, 0.4) is 0 Å². The lowest BCUT2D eigenvalue weighted by Gasteiger charge is -2.34. The van der Waals surface area contributed by atoms with Crippen molar-refractivity contribution < 1.29 is 0 Å². The van der Waals surface area contributed by atoms with Crippen molar-refractivity contribution in [2.75, 3.05) is 39.3 Å². The second kappa shape index (κ2) is 18.9. The predicted octanol–water partition coefficient (Wildman–Crippen LogP) is 5.04. The molecule has 1 aliphatic rings. The standard InChI is InChI=1S/C14H30N2.2C2H6/c1-3-5-7-9-15-11-13-16(14-12-15)10-8-6-4-2;2*1-2/h3-14H2,1-2H3;2*1-2H3. The van der Waals surface area contributed by atoms with Gasteiger partial charge in [0, 0.05) is 26.2 Å². The highest BCUT2D eigenvalue weighted by molar-refractivity contribution is 4.71. The summed E-state index contributed by atoms with van der Waals surface area (Å²) in [6, 6.07) is 0. The van der Waals surface area contributed by atoms with E-state index in [4.69, 9.17) is 0 Å². The zero-order chi connectivity index (χ0) is 15.6. The summed E-state index contributed by atoms with van der Waals surface area (Å²) in [6.07, 6.45) is 8.28. The van der Waals surface area contributed by atoms with Gasteiger partial charge in [-0.3, -0.25) is 0 Å². The molecule has 0 atom stereocenters. The average Bonchev–Trinajstić information content (AvgIpc) is 2.53. The van der Waals surface area contributed by atoms with E-state index >= 15 is 0 Å². The minimum absolute atomic E-state index is 1.30. The Morgan fingerprint density at radius 1 is 0.550 bits per heavy atom. The Kier molecular flexibility index (Phi) is 21.0. The number of hydrogen-bond acceptors (Lipinski definition) is 2. The Bertz CT molecular complexity index is 133. The summed E-state index contributed by atoms with van der Waals surface area (Å²) in [5, 5.41) is 0. The van der Waals surface area contributed by atoms with Crippen molar-refractivity contribution in [1.29, 1.82) is 0 Å². The molecule has 0 amide bonds. The minimum Gasteiger partial charge on any atom is -0.301 e. The summed E-state index contributed by atoms with van der Waals surface area (Å²) < 4.78 is 0. The summed E-state index contributed by atoms with van der Waals surface area (Å²) in [6.45, 7) is 20.4. The highest BCUT2D eigenvalue weighted by atomic mass is 15.3. The zero-order valence-electron chi connectivity index (χ0n) is 15.4. The molecule has 2 heteroatoms. The third kappa shape index (κ3) is 12.9. The van der Waals surface area contributed by atoms with Crippen molar-refractivity contribution >= 4 is 0 Å². The molecule has 0 aliphatic carbocycles. The van der Waals surface area contributed by atoms with Crippen LogP contribution in [0.25, 0.3) is 0 Å². The molecular weight excluding hydrogens is 244 g/mol. The van der Waals surface area contributed by atoms with Gasteiger partial charge < -0.3 is 9.80 Å². The molecule has 2 nitrogen and oxygen atoms in total. The van der Waals surface area contributed by atoms with E-state index in [0.717, 1.165) is 0 Å². The largest absolute Gasteiger partial charge is 0.301 e. The van der Waals surface area contributed by atoms with Crippen molar-refractivity contribution in [3.05, 3.63) is 0 Å². The van der Waals surface area contributed by atoms with E-state index in [2.05, 4.69) is 23.6 Å². The second-order valence-corrected chi connectivity index (χ2v) is 5.10. The molecule has 0 aromatic heterocycles. The average molecular weight is 287 g/mol. The fourth-order valence-corrected chi connectivity index (χ4v) is 2.41.